The molecule has 0 aromatic carbocycles. The summed E-state index contributed by atoms with van der Waals surface area (Å²) in [6.07, 6.45) is 4.88. The number of nitrogens with one attached hydrogen (secondary N) is 2. The molecule has 0 amide bonds. The normalized spacial score (nSPS) is 22.1. The molecule has 1 atom stereocenters. The van der Waals surface area contributed by atoms with Crippen LogP contribution in [0.1, 0.15) is 31.0 Å². The maximum absolute atomic E-state index is 10.5. The van der Waals surface area contributed by atoms with Crippen LogP contribution >= 0.6 is 0 Å². The molecule has 14 heavy (non-hydrogen) atoms. The van der Waals surface area contributed by atoms with Gasteiger partial charge in [0.25, 0.3) is 5.69 Å². The first kappa shape index (κ1) is 9.21. The van der Waals surface area contributed by atoms with Gasteiger partial charge in [-0.3, -0.25) is 10.1 Å². The minimum atomic E-state index is -0.372. The first-order valence-electron chi connectivity index (χ1n) is 4.83. The molecule has 1 saturated heterocycles. The summed E-state index contributed by atoms with van der Waals surface area (Å²) in [5.41, 5.74) is 1.07. The first-order valence-corrected chi connectivity index (χ1v) is 4.83. The fourth-order valence-electron chi connectivity index (χ4n) is 1.82. The van der Waals surface area contributed by atoms with Gasteiger partial charge in [-0.15, -0.1) is 0 Å². The van der Waals surface area contributed by atoms with Crippen LogP contribution in [0.3, 0.4) is 0 Å². The Morgan fingerprint density at radius 3 is 2.93 bits per heavy atom. The van der Waals surface area contributed by atoms with Crippen molar-refractivity contribution in [2.45, 2.75) is 25.3 Å². The largest absolute Gasteiger partial charge is 0.358 e. The Morgan fingerprint density at radius 2 is 2.36 bits per heavy atom. The molecule has 1 unspecified atom stereocenters. The second-order valence-corrected chi connectivity index (χ2v) is 3.57. The number of aromatic amines is 1. The fraction of sp³-hybridized carbons (Fsp3) is 0.556. The summed E-state index contributed by atoms with van der Waals surface area (Å²) in [4.78, 5) is 13.0. The van der Waals surface area contributed by atoms with Gasteiger partial charge in [-0.25, -0.2) is 0 Å². The van der Waals surface area contributed by atoms with E-state index in [1.165, 1.54) is 19.0 Å². The SMILES string of the molecule is O=[N+]([O-])c1c[nH]c(C2CCCCN2)c1. The lowest BCUT2D eigenvalue weighted by Crippen LogP contribution is -2.26. The van der Waals surface area contributed by atoms with Crippen molar-refractivity contribution in [1.29, 1.82) is 0 Å². The molecule has 1 aliphatic rings. The Kier molecular flexibility index (Phi) is 2.49. The quantitative estimate of drug-likeness (QED) is 0.557. The van der Waals surface area contributed by atoms with E-state index >= 15 is 0 Å². The third kappa shape index (κ3) is 1.77. The molecule has 1 aromatic rings. The van der Waals surface area contributed by atoms with E-state index in [0.717, 1.165) is 18.7 Å². The molecule has 1 fully saturated rings. The van der Waals surface area contributed by atoms with Crippen LogP contribution in [0.4, 0.5) is 5.69 Å². The van der Waals surface area contributed by atoms with Gasteiger partial charge >= 0.3 is 0 Å². The Labute approximate surface area is 81.7 Å². The zero-order chi connectivity index (χ0) is 9.97. The summed E-state index contributed by atoms with van der Waals surface area (Å²) in [5.74, 6) is 0. The highest BCUT2D eigenvalue weighted by atomic mass is 16.6. The average molecular weight is 195 g/mol. The Bertz CT molecular complexity index is 329. The lowest BCUT2D eigenvalue weighted by atomic mass is 10.0. The topological polar surface area (TPSA) is 71.0 Å². The lowest BCUT2D eigenvalue weighted by molar-refractivity contribution is -0.384. The van der Waals surface area contributed by atoms with E-state index in [-0.39, 0.29) is 16.7 Å². The van der Waals surface area contributed by atoms with Crippen molar-refractivity contribution < 1.29 is 4.92 Å². The van der Waals surface area contributed by atoms with Gasteiger partial charge in [0.15, 0.2) is 0 Å². The van der Waals surface area contributed by atoms with Crippen molar-refractivity contribution in [3.05, 3.63) is 28.1 Å². The number of nitrogens with zero attached hydrogens (tertiary/aromatic N) is 1. The Morgan fingerprint density at radius 1 is 1.50 bits per heavy atom. The van der Waals surface area contributed by atoms with Gasteiger partial charge in [-0.2, -0.15) is 0 Å². The van der Waals surface area contributed by atoms with Gasteiger partial charge in [0.1, 0.15) is 0 Å². The van der Waals surface area contributed by atoms with Gasteiger partial charge in [0.2, 0.25) is 0 Å². The van der Waals surface area contributed by atoms with E-state index in [2.05, 4.69) is 10.3 Å². The molecule has 0 radical (unpaired) electrons. The summed E-state index contributed by atoms with van der Waals surface area (Å²) >= 11 is 0. The maximum atomic E-state index is 10.5. The minimum absolute atomic E-state index is 0.146. The smallest absolute Gasteiger partial charge is 0.287 e. The van der Waals surface area contributed by atoms with Crippen LogP contribution < -0.4 is 5.32 Å². The number of H-pyrrole nitrogens is 1. The summed E-state index contributed by atoms with van der Waals surface area (Å²) in [5, 5.41) is 13.8. The molecule has 0 bridgehead atoms. The molecule has 1 aliphatic heterocycles. The average Bonchev–Trinajstić information content (AvgIpc) is 2.68. The van der Waals surface area contributed by atoms with Crippen molar-refractivity contribution in [2.75, 3.05) is 6.54 Å². The summed E-state index contributed by atoms with van der Waals surface area (Å²) in [7, 11) is 0. The Balaban J connectivity index is 2.11. The molecule has 1 aromatic heterocycles. The van der Waals surface area contributed by atoms with Crippen LogP contribution in [0, 0.1) is 10.1 Å². The predicted molar refractivity (Wildman–Crippen MR) is 52.0 cm³/mol. The van der Waals surface area contributed by atoms with E-state index in [0.29, 0.717) is 0 Å². The van der Waals surface area contributed by atoms with Gasteiger partial charge in [0.05, 0.1) is 11.1 Å². The number of rotatable bonds is 2. The molecule has 5 nitrogen and oxygen atoms in total. The molecule has 2 rings (SSSR count). The molecule has 0 spiro atoms. The molecular weight excluding hydrogens is 182 g/mol. The molecular formula is C9H13N3O2. The second kappa shape index (κ2) is 3.79. The predicted octanol–water partition coefficient (Wildman–Crippen LogP) is 1.74. The summed E-state index contributed by atoms with van der Waals surface area (Å²) < 4.78 is 0. The van der Waals surface area contributed by atoms with Crippen LogP contribution in [0.25, 0.3) is 0 Å². The molecule has 2 N–H and O–H groups in total. The molecule has 0 saturated carbocycles. The highest BCUT2D eigenvalue weighted by Gasteiger charge is 2.18. The van der Waals surface area contributed by atoms with E-state index in [1.54, 1.807) is 6.07 Å². The monoisotopic (exact) mass is 195 g/mol. The van der Waals surface area contributed by atoms with Crippen molar-refractivity contribution in [3.8, 4) is 0 Å². The van der Waals surface area contributed by atoms with Crippen molar-refractivity contribution in [1.82, 2.24) is 10.3 Å². The van der Waals surface area contributed by atoms with Crippen molar-refractivity contribution in [3.63, 3.8) is 0 Å². The van der Waals surface area contributed by atoms with Crippen LogP contribution in [-0.2, 0) is 0 Å². The van der Waals surface area contributed by atoms with Crippen molar-refractivity contribution >= 4 is 5.69 Å². The maximum Gasteiger partial charge on any atom is 0.287 e. The first-order chi connectivity index (χ1) is 6.77. The van der Waals surface area contributed by atoms with E-state index in [4.69, 9.17) is 0 Å². The van der Waals surface area contributed by atoms with E-state index in [9.17, 15) is 10.1 Å². The lowest BCUT2D eigenvalue weighted by Gasteiger charge is -2.21. The standard InChI is InChI=1S/C9H13N3O2/c13-12(14)7-5-9(11-6-7)8-3-1-2-4-10-8/h5-6,8,10-11H,1-4H2. The van der Waals surface area contributed by atoms with Crippen LogP contribution in [0.15, 0.2) is 12.3 Å². The number of hydrogen-bond donors (Lipinski definition) is 2. The van der Waals surface area contributed by atoms with Crippen LogP contribution in [0.5, 0.6) is 0 Å². The van der Waals surface area contributed by atoms with Gasteiger partial charge in [0, 0.05) is 17.8 Å². The van der Waals surface area contributed by atoms with Crippen LogP contribution in [-0.4, -0.2) is 16.5 Å². The molecule has 2 heterocycles. The van der Waals surface area contributed by atoms with E-state index < -0.39 is 0 Å². The van der Waals surface area contributed by atoms with Crippen molar-refractivity contribution in [2.24, 2.45) is 0 Å². The highest BCUT2D eigenvalue weighted by Crippen LogP contribution is 2.24. The highest BCUT2D eigenvalue weighted by molar-refractivity contribution is 5.31. The fourth-order valence-corrected chi connectivity index (χ4v) is 1.82. The van der Waals surface area contributed by atoms with Gasteiger partial charge < -0.3 is 10.3 Å². The molecule has 0 aliphatic carbocycles. The van der Waals surface area contributed by atoms with E-state index in [1.807, 2.05) is 0 Å². The molecule has 76 valence electrons. The summed E-state index contributed by atoms with van der Waals surface area (Å²) in [6, 6.07) is 1.88. The van der Waals surface area contributed by atoms with Gasteiger partial charge in [-0.1, -0.05) is 6.42 Å². The Hall–Kier alpha value is -1.36. The number of aromatic nitrogens is 1. The van der Waals surface area contributed by atoms with Crippen LogP contribution in [0.2, 0.25) is 0 Å². The minimum Gasteiger partial charge on any atom is -0.358 e. The third-order valence-electron chi connectivity index (χ3n) is 2.59. The third-order valence-corrected chi connectivity index (χ3v) is 2.59. The zero-order valence-corrected chi connectivity index (χ0v) is 7.82. The zero-order valence-electron chi connectivity index (χ0n) is 7.82. The van der Waals surface area contributed by atoms with Gasteiger partial charge in [-0.05, 0) is 19.4 Å². The second-order valence-electron chi connectivity index (χ2n) is 3.57. The molecule has 5 heteroatoms. The number of nitro groups is 1. The summed E-state index contributed by atoms with van der Waals surface area (Å²) in [6.45, 7) is 0.998. The number of hydrogen-bond acceptors (Lipinski definition) is 3. The number of piperidine rings is 1.